The van der Waals surface area contributed by atoms with Crippen LogP contribution in [0.25, 0.3) is 0 Å². The van der Waals surface area contributed by atoms with E-state index in [9.17, 15) is 4.79 Å². The van der Waals surface area contributed by atoms with Crippen LogP contribution in [0.1, 0.15) is 40.2 Å². The zero-order chi connectivity index (χ0) is 20.0. The third kappa shape index (κ3) is 6.52. The maximum Gasteiger partial charge on any atom is 0.191 e. The molecule has 0 saturated carbocycles. The Kier molecular flexibility index (Phi) is 8.51. The average Bonchev–Trinajstić information content (AvgIpc) is 2.59. The molecule has 4 nitrogen and oxygen atoms in total. The van der Waals surface area contributed by atoms with Gasteiger partial charge in [-0.2, -0.15) is 0 Å². The molecule has 1 aromatic carbocycles. The molecule has 5 heteroatoms. The van der Waals surface area contributed by atoms with E-state index in [-0.39, 0.29) is 23.0 Å². The molecule has 0 spiro atoms. The highest BCUT2D eigenvalue weighted by Crippen LogP contribution is 2.37. The summed E-state index contributed by atoms with van der Waals surface area (Å²) in [5.41, 5.74) is 1.06. The highest BCUT2D eigenvalue weighted by Gasteiger charge is 2.38. The van der Waals surface area contributed by atoms with Crippen LogP contribution in [0.5, 0.6) is 5.75 Å². The quantitative estimate of drug-likeness (QED) is 0.420. The lowest BCUT2D eigenvalue weighted by atomic mass is 9.95. The molecule has 0 radical (unpaired) electrons. The van der Waals surface area contributed by atoms with Gasteiger partial charge in [-0.1, -0.05) is 46.8 Å². The minimum absolute atomic E-state index is 0.141. The first-order valence-electron chi connectivity index (χ1n) is 9.35. The van der Waals surface area contributed by atoms with Gasteiger partial charge in [0.05, 0.1) is 19.8 Å². The molecule has 1 aromatic rings. The standard InChI is InChI=1S/C21H36O4Si/c1-16(13-22)20(17(2)14-25-26(7,8)21(3,4)5)24-15-18-9-11-19(23-6)12-10-18/h9-13,16-17,20H,14-15H2,1-8H3/t16-,17-,20+/m0/s1. The summed E-state index contributed by atoms with van der Waals surface area (Å²) in [6, 6.07) is 7.80. The van der Waals surface area contributed by atoms with Crippen molar-refractivity contribution in [2.45, 2.75) is 65.5 Å². The molecule has 26 heavy (non-hydrogen) atoms. The summed E-state index contributed by atoms with van der Waals surface area (Å²) in [6.07, 6.45) is 0.806. The third-order valence-electron chi connectivity index (χ3n) is 5.41. The Bertz CT molecular complexity index is 548. The summed E-state index contributed by atoms with van der Waals surface area (Å²) in [7, 11) is -0.164. The van der Waals surface area contributed by atoms with Gasteiger partial charge >= 0.3 is 0 Å². The van der Waals surface area contributed by atoms with Gasteiger partial charge in [0.15, 0.2) is 8.32 Å². The summed E-state index contributed by atoms with van der Waals surface area (Å²) in [5.74, 6) is 0.788. The molecule has 0 aliphatic rings. The van der Waals surface area contributed by atoms with E-state index in [1.54, 1.807) is 7.11 Å². The molecule has 0 aliphatic heterocycles. The van der Waals surface area contributed by atoms with Gasteiger partial charge in [0.25, 0.3) is 0 Å². The summed E-state index contributed by atoms with van der Waals surface area (Å²) in [4.78, 5) is 11.4. The smallest absolute Gasteiger partial charge is 0.191 e. The van der Waals surface area contributed by atoms with E-state index < -0.39 is 8.32 Å². The van der Waals surface area contributed by atoms with Gasteiger partial charge in [0.1, 0.15) is 12.0 Å². The first-order chi connectivity index (χ1) is 12.0. The molecule has 148 valence electrons. The van der Waals surface area contributed by atoms with Crippen molar-refractivity contribution < 1.29 is 18.7 Å². The molecule has 0 aromatic heterocycles. The molecular formula is C21H36O4Si. The molecule has 0 fully saturated rings. The Morgan fingerprint density at radius 3 is 2.15 bits per heavy atom. The maximum atomic E-state index is 11.4. The van der Waals surface area contributed by atoms with E-state index in [1.165, 1.54) is 0 Å². The normalized spacial score (nSPS) is 16.0. The van der Waals surface area contributed by atoms with Gasteiger partial charge in [0, 0.05) is 18.4 Å². The first-order valence-corrected chi connectivity index (χ1v) is 12.3. The molecule has 0 amide bonds. The van der Waals surface area contributed by atoms with Crippen LogP contribution >= 0.6 is 0 Å². The zero-order valence-electron chi connectivity index (χ0n) is 17.7. The number of benzene rings is 1. The Morgan fingerprint density at radius 1 is 1.12 bits per heavy atom. The van der Waals surface area contributed by atoms with Gasteiger partial charge < -0.3 is 18.7 Å². The van der Waals surface area contributed by atoms with Crippen LogP contribution in [0.15, 0.2) is 24.3 Å². The van der Waals surface area contributed by atoms with Crippen molar-refractivity contribution in [1.29, 1.82) is 0 Å². The minimum atomic E-state index is -1.81. The highest BCUT2D eigenvalue weighted by molar-refractivity contribution is 6.74. The lowest BCUT2D eigenvalue weighted by Crippen LogP contribution is -2.43. The lowest BCUT2D eigenvalue weighted by molar-refractivity contribution is -0.118. The number of hydrogen-bond acceptors (Lipinski definition) is 4. The maximum absolute atomic E-state index is 11.4. The number of methoxy groups -OCH3 is 1. The molecule has 3 atom stereocenters. The van der Waals surface area contributed by atoms with Crippen LogP contribution in [0.3, 0.4) is 0 Å². The van der Waals surface area contributed by atoms with Gasteiger partial charge in [-0.15, -0.1) is 0 Å². The summed E-state index contributed by atoms with van der Waals surface area (Å²) < 4.78 is 17.7. The van der Waals surface area contributed by atoms with Gasteiger partial charge in [-0.25, -0.2) is 0 Å². The van der Waals surface area contributed by atoms with Crippen LogP contribution in [0.2, 0.25) is 18.1 Å². The second-order valence-electron chi connectivity index (χ2n) is 8.67. The number of carbonyl (C=O) groups excluding carboxylic acids is 1. The summed E-state index contributed by atoms with van der Waals surface area (Å²) >= 11 is 0. The second-order valence-corrected chi connectivity index (χ2v) is 13.5. The van der Waals surface area contributed by atoms with Crippen LogP contribution in [-0.4, -0.2) is 34.4 Å². The Labute approximate surface area is 160 Å². The second kappa shape index (κ2) is 9.67. The van der Waals surface area contributed by atoms with E-state index in [4.69, 9.17) is 13.9 Å². The van der Waals surface area contributed by atoms with Crippen molar-refractivity contribution in [3.05, 3.63) is 29.8 Å². The third-order valence-corrected chi connectivity index (χ3v) is 9.91. The van der Waals surface area contributed by atoms with Gasteiger partial charge in [-0.3, -0.25) is 0 Å². The lowest BCUT2D eigenvalue weighted by Gasteiger charge is -2.38. The highest BCUT2D eigenvalue weighted by atomic mass is 28.4. The van der Waals surface area contributed by atoms with Crippen LogP contribution < -0.4 is 4.74 Å². The fourth-order valence-electron chi connectivity index (χ4n) is 2.48. The number of aldehydes is 1. The fraction of sp³-hybridized carbons (Fsp3) is 0.667. The minimum Gasteiger partial charge on any atom is -0.497 e. The Morgan fingerprint density at radius 2 is 1.69 bits per heavy atom. The molecule has 1 rings (SSSR count). The predicted molar refractivity (Wildman–Crippen MR) is 109 cm³/mol. The average molecular weight is 381 g/mol. The number of ether oxygens (including phenoxy) is 2. The molecular weight excluding hydrogens is 344 g/mol. The fourth-order valence-corrected chi connectivity index (χ4v) is 3.59. The van der Waals surface area contributed by atoms with E-state index in [2.05, 4.69) is 40.8 Å². The van der Waals surface area contributed by atoms with Crippen molar-refractivity contribution in [1.82, 2.24) is 0 Å². The molecule has 0 aliphatic carbocycles. The molecule has 0 unspecified atom stereocenters. The number of hydrogen-bond donors (Lipinski definition) is 0. The van der Waals surface area contributed by atoms with Crippen molar-refractivity contribution >= 4 is 14.6 Å². The first kappa shape index (κ1) is 22.9. The SMILES string of the molecule is COc1ccc(CO[C@H]([C@@H](C)C=O)[C@@H](C)CO[Si](C)(C)C(C)(C)C)cc1. The molecule has 0 N–H and O–H groups in total. The van der Waals surface area contributed by atoms with E-state index >= 15 is 0 Å². The van der Waals surface area contributed by atoms with E-state index in [0.717, 1.165) is 17.6 Å². The van der Waals surface area contributed by atoms with E-state index in [0.29, 0.717) is 13.2 Å². The Hall–Kier alpha value is -1.17. The summed E-state index contributed by atoms with van der Waals surface area (Å²) in [5, 5.41) is 0.169. The van der Waals surface area contributed by atoms with Gasteiger partial charge in [0.2, 0.25) is 0 Å². The summed E-state index contributed by atoms with van der Waals surface area (Å²) in [6.45, 7) is 16.3. The van der Waals surface area contributed by atoms with Crippen molar-refractivity contribution in [2.24, 2.45) is 11.8 Å². The Balaban J connectivity index is 2.71. The van der Waals surface area contributed by atoms with Crippen LogP contribution in [0, 0.1) is 11.8 Å². The van der Waals surface area contributed by atoms with Crippen molar-refractivity contribution in [2.75, 3.05) is 13.7 Å². The number of carbonyl (C=O) groups is 1. The van der Waals surface area contributed by atoms with Crippen molar-refractivity contribution in [3.63, 3.8) is 0 Å². The van der Waals surface area contributed by atoms with Crippen molar-refractivity contribution in [3.8, 4) is 5.75 Å². The van der Waals surface area contributed by atoms with Gasteiger partial charge in [-0.05, 0) is 35.8 Å². The van der Waals surface area contributed by atoms with Crippen LogP contribution in [0.4, 0.5) is 0 Å². The topological polar surface area (TPSA) is 44.8 Å². The monoisotopic (exact) mass is 380 g/mol. The zero-order valence-corrected chi connectivity index (χ0v) is 18.7. The molecule has 0 heterocycles. The molecule has 0 saturated heterocycles. The van der Waals surface area contributed by atoms with Crippen LogP contribution in [-0.2, 0) is 20.6 Å². The van der Waals surface area contributed by atoms with E-state index in [1.807, 2.05) is 31.2 Å². The largest absolute Gasteiger partial charge is 0.497 e. The predicted octanol–water partition coefficient (Wildman–Crippen LogP) is 5.07. The number of rotatable bonds is 10. The molecule has 0 bridgehead atoms.